The summed E-state index contributed by atoms with van der Waals surface area (Å²) in [6, 6.07) is 27.2. The second-order valence-electron chi connectivity index (χ2n) is 12.6. The van der Waals surface area contributed by atoms with Crippen molar-refractivity contribution < 1.29 is 29.0 Å². The number of benzene rings is 3. The van der Waals surface area contributed by atoms with Crippen LogP contribution in [0.15, 0.2) is 91.0 Å². The van der Waals surface area contributed by atoms with Gasteiger partial charge >= 0.3 is 12.1 Å². The molecule has 0 bridgehead atoms. The van der Waals surface area contributed by atoms with Crippen LogP contribution in [0.5, 0.6) is 0 Å². The van der Waals surface area contributed by atoms with Crippen molar-refractivity contribution in [3.63, 3.8) is 0 Å². The predicted octanol–water partition coefficient (Wildman–Crippen LogP) is 6.48. The minimum absolute atomic E-state index is 0.0401. The molecular formula is C36H46N2O6. The summed E-state index contributed by atoms with van der Waals surface area (Å²) in [4.78, 5) is 41.3. The molecule has 2 atom stereocenters. The number of rotatable bonds is 14. The van der Waals surface area contributed by atoms with E-state index < -0.39 is 41.6 Å². The molecule has 0 saturated heterocycles. The lowest BCUT2D eigenvalue weighted by Crippen LogP contribution is -2.53. The van der Waals surface area contributed by atoms with Gasteiger partial charge < -0.3 is 19.9 Å². The lowest BCUT2D eigenvalue weighted by atomic mass is 9.77. The Kier molecular flexibility index (Phi) is 12.1. The molecule has 0 aromatic heterocycles. The van der Waals surface area contributed by atoms with E-state index in [-0.39, 0.29) is 25.0 Å². The van der Waals surface area contributed by atoms with Crippen LogP contribution in [-0.2, 0) is 24.6 Å². The molecule has 3 rings (SSSR count). The molecule has 0 aliphatic carbocycles. The largest absolute Gasteiger partial charge is 0.480 e. The van der Waals surface area contributed by atoms with Gasteiger partial charge in [0.2, 0.25) is 5.91 Å². The van der Waals surface area contributed by atoms with Crippen molar-refractivity contribution in [1.29, 1.82) is 0 Å². The Morgan fingerprint density at radius 3 is 1.61 bits per heavy atom. The zero-order valence-electron chi connectivity index (χ0n) is 26.7. The molecule has 236 valence electrons. The van der Waals surface area contributed by atoms with E-state index in [0.717, 1.165) is 21.6 Å². The third kappa shape index (κ3) is 9.41. The van der Waals surface area contributed by atoms with E-state index in [2.05, 4.69) is 5.32 Å². The number of carboxylic acid groups (broad SMARTS) is 1. The minimum atomic E-state index is -1.47. The van der Waals surface area contributed by atoms with Crippen molar-refractivity contribution in [3.05, 3.63) is 108 Å². The first-order valence-corrected chi connectivity index (χ1v) is 15.1. The van der Waals surface area contributed by atoms with E-state index in [0.29, 0.717) is 6.61 Å². The van der Waals surface area contributed by atoms with Gasteiger partial charge in [0, 0.05) is 6.54 Å². The quantitative estimate of drug-likeness (QED) is 0.205. The first-order chi connectivity index (χ1) is 20.8. The lowest BCUT2D eigenvalue weighted by Gasteiger charge is -2.38. The summed E-state index contributed by atoms with van der Waals surface area (Å²) in [7, 11) is 0. The molecule has 3 aromatic rings. The zero-order valence-corrected chi connectivity index (χ0v) is 26.7. The number of nitrogens with zero attached hydrogens (tertiary/aromatic N) is 1. The highest BCUT2D eigenvalue weighted by atomic mass is 16.6. The number of amides is 2. The molecule has 0 fully saturated rings. The van der Waals surface area contributed by atoms with E-state index >= 15 is 0 Å². The fraction of sp³-hybridized carbons (Fsp3) is 0.417. The maximum atomic E-state index is 14.1. The first kappa shape index (κ1) is 34.3. The number of hydrogen-bond acceptors (Lipinski definition) is 5. The third-order valence-corrected chi connectivity index (χ3v) is 7.07. The standard InChI is InChI=1S/C36H46N2O6/c1-26(2)24-43-34(42)38(23-27(3)25-44-35(4,5)6)31(33(40)41)22-32(39)37-36(28-16-10-7-11-17-28,29-18-12-8-13-19-29)30-20-14-9-15-21-30/h7-21,26-27,31H,22-25H2,1-6H3,(H,37,39)(H,40,41)/t27-,31+/m1/s1. The average molecular weight is 603 g/mol. The maximum absolute atomic E-state index is 14.1. The predicted molar refractivity (Wildman–Crippen MR) is 171 cm³/mol. The Morgan fingerprint density at radius 2 is 1.23 bits per heavy atom. The third-order valence-electron chi connectivity index (χ3n) is 7.07. The number of nitrogens with one attached hydrogen (secondary N) is 1. The molecule has 8 nitrogen and oxygen atoms in total. The highest BCUT2D eigenvalue weighted by Gasteiger charge is 2.40. The highest BCUT2D eigenvalue weighted by molar-refractivity contribution is 5.88. The topological polar surface area (TPSA) is 105 Å². The monoisotopic (exact) mass is 602 g/mol. The van der Waals surface area contributed by atoms with Crippen LogP contribution < -0.4 is 5.32 Å². The number of carbonyl (C=O) groups is 3. The zero-order chi connectivity index (χ0) is 32.3. The van der Waals surface area contributed by atoms with E-state index in [4.69, 9.17) is 9.47 Å². The highest BCUT2D eigenvalue weighted by Crippen LogP contribution is 2.37. The molecule has 0 unspecified atom stereocenters. The van der Waals surface area contributed by atoms with Gasteiger partial charge in [-0.25, -0.2) is 9.59 Å². The molecular weight excluding hydrogens is 556 g/mol. The lowest BCUT2D eigenvalue weighted by molar-refractivity contribution is -0.145. The Morgan fingerprint density at radius 1 is 0.773 bits per heavy atom. The fourth-order valence-electron chi connectivity index (χ4n) is 4.98. The van der Waals surface area contributed by atoms with Gasteiger partial charge in [0.05, 0.1) is 25.2 Å². The van der Waals surface area contributed by atoms with Crippen LogP contribution in [0.2, 0.25) is 0 Å². The van der Waals surface area contributed by atoms with Crippen LogP contribution in [0.3, 0.4) is 0 Å². The molecule has 0 aliphatic rings. The number of ether oxygens (including phenoxy) is 2. The van der Waals surface area contributed by atoms with Gasteiger partial charge in [-0.15, -0.1) is 0 Å². The van der Waals surface area contributed by atoms with Crippen molar-refractivity contribution in [1.82, 2.24) is 10.2 Å². The van der Waals surface area contributed by atoms with Crippen molar-refractivity contribution in [2.75, 3.05) is 19.8 Å². The number of aliphatic carboxylic acids is 1. The summed E-state index contributed by atoms with van der Waals surface area (Å²) in [6.45, 7) is 11.9. The molecule has 2 amide bonds. The molecule has 44 heavy (non-hydrogen) atoms. The molecule has 8 heteroatoms. The van der Waals surface area contributed by atoms with Crippen molar-refractivity contribution in [2.45, 2.75) is 65.1 Å². The normalized spacial score (nSPS) is 13.2. The Balaban J connectivity index is 2.01. The molecule has 0 saturated carbocycles. The summed E-state index contributed by atoms with van der Waals surface area (Å²) in [6.07, 6.45) is -1.25. The van der Waals surface area contributed by atoms with Crippen LogP contribution in [-0.4, -0.2) is 59.4 Å². The van der Waals surface area contributed by atoms with Crippen LogP contribution >= 0.6 is 0 Å². The molecule has 2 N–H and O–H groups in total. The SMILES string of the molecule is CC(C)COC(=O)N(C[C@@H](C)COC(C)(C)C)[C@@H](CC(=O)NC(c1ccccc1)(c1ccccc1)c1ccccc1)C(=O)O. The molecule has 0 spiro atoms. The van der Waals surface area contributed by atoms with E-state index in [9.17, 15) is 19.5 Å². The van der Waals surface area contributed by atoms with Gasteiger partial charge in [0.15, 0.2) is 0 Å². The smallest absolute Gasteiger partial charge is 0.410 e. The van der Waals surface area contributed by atoms with Gasteiger partial charge in [-0.3, -0.25) is 9.69 Å². The molecule has 0 radical (unpaired) electrons. The van der Waals surface area contributed by atoms with Crippen molar-refractivity contribution >= 4 is 18.0 Å². The van der Waals surface area contributed by atoms with E-state index in [1.165, 1.54) is 0 Å². The molecule has 0 aliphatic heterocycles. The van der Waals surface area contributed by atoms with Crippen LogP contribution in [0.25, 0.3) is 0 Å². The molecule has 0 heterocycles. The first-order valence-electron chi connectivity index (χ1n) is 15.1. The van der Waals surface area contributed by atoms with Gasteiger partial charge in [-0.1, -0.05) is 112 Å². The Bertz CT molecular complexity index is 1240. The summed E-state index contributed by atoms with van der Waals surface area (Å²) in [5, 5.41) is 13.6. The number of carboxylic acids is 1. The van der Waals surface area contributed by atoms with Crippen LogP contribution in [0.4, 0.5) is 4.79 Å². The Hall–Kier alpha value is -4.17. The molecule has 3 aromatic carbocycles. The second kappa shape index (κ2) is 15.5. The summed E-state index contributed by atoms with van der Waals surface area (Å²) in [5.41, 5.74) is 0.885. The minimum Gasteiger partial charge on any atom is -0.480 e. The Labute approximate surface area is 261 Å². The van der Waals surface area contributed by atoms with Crippen LogP contribution in [0, 0.1) is 11.8 Å². The number of carbonyl (C=O) groups excluding carboxylic acids is 2. The van der Waals surface area contributed by atoms with Gasteiger partial charge in [0.25, 0.3) is 0 Å². The van der Waals surface area contributed by atoms with Gasteiger partial charge in [-0.2, -0.15) is 0 Å². The summed E-state index contributed by atoms with van der Waals surface area (Å²) in [5.74, 6) is -2.00. The van der Waals surface area contributed by atoms with E-state index in [1.54, 1.807) is 0 Å². The van der Waals surface area contributed by atoms with Crippen LogP contribution in [0.1, 0.15) is 64.7 Å². The fourth-order valence-corrected chi connectivity index (χ4v) is 4.98. The van der Waals surface area contributed by atoms with Crippen molar-refractivity contribution in [3.8, 4) is 0 Å². The van der Waals surface area contributed by atoms with E-state index in [1.807, 2.05) is 133 Å². The average Bonchev–Trinajstić information content (AvgIpc) is 3.00. The van der Waals surface area contributed by atoms with Crippen molar-refractivity contribution in [2.24, 2.45) is 11.8 Å². The maximum Gasteiger partial charge on any atom is 0.410 e. The summed E-state index contributed by atoms with van der Waals surface area (Å²) >= 11 is 0. The second-order valence-corrected chi connectivity index (χ2v) is 12.6. The van der Waals surface area contributed by atoms with Gasteiger partial charge in [-0.05, 0) is 49.3 Å². The summed E-state index contributed by atoms with van der Waals surface area (Å²) < 4.78 is 11.4. The van der Waals surface area contributed by atoms with Gasteiger partial charge in [0.1, 0.15) is 11.6 Å². The number of hydrogen-bond donors (Lipinski definition) is 2.